The van der Waals surface area contributed by atoms with Gasteiger partial charge in [0.15, 0.2) is 5.78 Å². The van der Waals surface area contributed by atoms with Gasteiger partial charge in [-0.3, -0.25) is 4.79 Å². The van der Waals surface area contributed by atoms with Crippen LogP contribution in [0.3, 0.4) is 0 Å². The number of rotatable bonds is 1. The van der Waals surface area contributed by atoms with Gasteiger partial charge in [-0.1, -0.05) is 45.7 Å². The van der Waals surface area contributed by atoms with Crippen molar-refractivity contribution in [3.63, 3.8) is 0 Å². The van der Waals surface area contributed by atoms with E-state index in [-0.39, 0.29) is 8.65 Å². The summed E-state index contributed by atoms with van der Waals surface area (Å²) in [6.45, 7) is 6.30. The third kappa shape index (κ3) is 2.35. The monoisotopic (exact) mass is 310 g/mol. The van der Waals surface area contributed by atoms with Gasteiger partial charge in [0.25, 0.3) is 0 Å². The van der Waals surface area contributed by atoms with Gasteiger partial charge in [0, 0.05) is 10.7 Å². The van der Waals surface area contributed by atoms with Crippen LogP contribution in [-0.2, 0) is 4.79 Å². The van der Waals surface area contributed by atoms with E-state index in [9.17, 15) is 4.79 Å². The fourth-order valence-electron chi connectivity index (χ4n) is 1.76. The van der Waals surface area contributed by atoms with Crippen LogP contribution >= 0.6 is 31.9 Å². The second kappa shape index (κ2) is 3.65. The first kappa shape index (κ1) is 11.7. The average Bonchev–Trinajstić information content (AvgIpc) is 1.96. The summed E-state index contributed by atoms with van der Waals surface area (Å²) in [6.07, 6.45) is 2.63. The molecule has 2 unspecified atom stereocenters. The quantitative estimate of drug-likeness (QED) is 0.675. The summed E-state index contributed by atoms with van der Waals surface area (Å²) in [6, 6.07) is 0. The Kier molecular flexibility index (Phi) is 3.29. The van der Waals surface area contributed by atoms with E-state index < -0.39 is 0 Å². The third-order valence-electron chi connectivity index (χ3n) is 2.92. The van der Waals surface area contributed by atoms with Crippen LogP contribution in [0.4, 0.5) is 0 Å². The molecule has 0 aromatic rings. The maximum absolute atomic E-state index is 11.9. The minimum atomic E-state index is -0.264. The Labute approximate surface area is 96.9 Å². The SMILES string of the molecule is CC(C)C1(Br)CCC(C)(Br)CC1=O. The highest BCUT2D eigenvalue weighted by Gasteiger charge is 2.46. The van der Waals surface area contributed by atoms with Gasteiger partial charge in [0.1, 0.15) is 0 Å². The molecule has 1 nitrogen and oxygen atoms in total. The molecule has 0 amide bonds. The van der Waals surface area contributed by atoms with Crippen LogP contribution in [0.15, 0.2) is 0 Å². The van der Waals surface area contributed by atoms with E-state index >= 15 is 0 Å². The molecule has 1 rings (SSSR count). The fourth-order valence-corrected chi connectivity index (χ4v) is 2.55. The first-order valence-corrected chi connectivity index (χ1v) is 6.28. The van der Waals surface area contributed by atoms with E-state index in [1.54, 1.807) is 0 Å². The van der Waals surface area contributed by atoms with Crippen LogP contribution < -0.4 is 0 Å². The normalized spacial score (nSPS) is 41.2. The van der Waals surface area contributed by atoms with E-state index in [0.29, 0.717) is 18.1 Å². The van der Waals surface area contributed by atoms with Crippen molar-refractivity contribution in [2.75, 3.05) is 0 Å². The van der Waals surface area contributed by atoms with Crippen LogP contribution in [-0.4, -0.2) is 14.4 Å². The van der Waals surface area contributed by atoms with Crippen LogP contribution in [0.1, 0.15) is 40.0 Å². The Balaban J connectivity index is 2.80. The first-order valence-electron chi connectivity index (χ1n) is 4.69. The molecule has 0 spiro atoms. The number of Topliss-reactive ketones (excluding diaryl/α,β-unsaturated/α-hetero) is 1. The Morgan fingerprint density at radius 2 is 1.85 bits per heavy atom. The first-order chi connectivity index (χ1) is 5.78. The van der Waals surface area contributed by atoms with Crippen LogP contribution in [0.5, 0.6) is 0 Å². The zero-order valence-corrected chi connectivity index (χ0v) is 11.5. The van der Waals surface area contributed by atoms with Gasteiger partial charge in [0.05, 0.1) is 4.32 Å². The van der Waals surface area contributed by atoms with Gasteiger partial charge in [-0.15, -0.1) is 0 Å². The molecule has 1 saturated carbocycles. The number of carbonyl (C=O) groups is 1. The summed E-state index contributed by atoms with van der Waals surface area (Å²) >= 11 is 7.20. The number of hydrogen-bond acceptors (Lipinski definition) is 1. The molecule has 0 bridgehead atoms. The number of hydrogen-bond donors (Lipinski definition) is 0. The Morgan fingerprint density at radius 3 is 2.23 bits per heavy atom. The molecule has 0 heterocycles. The number of carbonyl (C=O) groups excluding carboxylic acids is 1. The van der Waals surface area contributed by atoms with Crippen molar-refractivity contribution in [1.29, 1.82) is 0 Å². The predicted octanol–water partition coefficient (Wildman–Crippen LogP) is 3.68. The van der Waals surface area contributed by atoms with E-state index in [1.807, 2.05) is 0 Å². The highest BCUT2D eigenvalue weighted by molar-refractivity contribution is 9.10. The van der Waals surface area contributed by atoms with Crippen LogP contribution in [0.25, 0.3) is 0 Å². The molecule has 1 aliphatic carbocycles. The molecular formula is C10H16Br2O. The molecule has 2 atom stereocenters. The number of ketones is 1. The summed E-state index contributed by atoms with van der Waals surface area (Å²) in [4.78, 5) is 11.9. The summed E-state index contributed by atoms with van der Waals surface area (Å²) in [5.41, 5.74) is 0. The highest BCUT2D eigenvalue weighted by Crippen LogP contribution is 2.45. The standard InChI is InChI=1S/C10H16Br2O/c1-7(2)10(12)5-4-9(3,11)6-8(10)13/h7H,4-6H2,1-3H3. The minimum absolute atomic E-state index is 0.0241. The molecule has 0 aromatic heterocycles. The van der Waals surface area contributed by atoms with Crippen LogP contribution in [0, 0.1) is 5.92 Å². The third-order valence-corrected chi connectivity index (χ3v) is 5.35. The molecule has 0 saturated heterocycles. The molecule has 0 radical (unpaired) electrons. The Bertz CT molecular complexity index is 223. The molecule has 3 heteroatoms. The van der Waals surface area contributed by atoms with Gasteiger partial charge in [-0.2, -0.15) is 0 Å². The van der Waals surface area contributed by atoms with Crippen molar-refractivity contribution in [3.8, 4) is 0 Å². The Morgan fingerprint density at radius 1 is 1.31 bits per heavy atom. The lowest BCUT2D eigenvalue weighted by atomic mass is 9.76. The number of alkyl halides is 2. The fraction of sp³-hybridized carbons (Fsp3) is 0.900. The largest absolute Gasteiger partial charge is 0.298 e. The lowest BCUT2D eigenvalue weighted by Crippen LogP contribution is -2.46. The smallest absolute Gasteiger partial charge is 0.151 e. The molecule has 1 aliphatic rings. The second-order valence-electron chi connectivity index (χ2n) is 4.53. The lowest BCUT2D eigenvalue weighted by Gasteiger charge is -2.39. The van der Waals surface area contributed by atoms with E-state index in [1.165, 1.54) is 0 Å². The molecule has 13 heavy (non-hydrogen) atoms. The van der Waals surface area contributed by atoms with E-state index in [4.69, 9.17) is 0 Å². The van der Waals surface area contributed by atoms with E-state index in [2.05, 4.69) is 52.6 Å². The van der Waals surface area contributed by atoms with Gasteiger partial charge >= 0.3 is 0 Å². The van der Waals surface area contributed by atoms with Gasteiger partial charge in [0.2, 0.25) is 0 Å². The lowest BCUT2D eigenvalue weighted by molar-refractivity contribution is -0.124. The number of halogens is 2. The summed E-state index contributed by atoms with van der Waals surface area (Å²) in [7, 11) is 0. The molecule has 0 N–H and O–H groups in total. The summed E-state index contributed by atoms with van der Waals surface area (Å²) in [5, 5.41) is 0. The highest BCUT2D eigenvalue weighted by atomic mass is 79.9. The zero-order valence-electron chi connectivity index (χ0n) is 8.36. The second-order valence-corrected chi connectivity index (χ2v) is 7.86. The van der Waals surface area contributed by atoms with Crippen molar-refractivity contribution >= 4 is 37.6 Å². The summed E-state index contributed by atoms with van der Waals surface area (Å²) < 4.78 is -0.240. The topological polar surface area (TPSA) is 17.1 Å². The summed E-state index contributed by atoms with van der Waals surface area (Å²) in [5.74, 6) is 0.719. The van der Waals surface area contributed by atoms with Crippen molar-refractivity contribution in [1.82, 2.24) is 0 Å². The average molecular weight is 312 g/mol. The maximum atomic E-state index is 11.9. The molecule has 0 aliphatic heterocycles. The molecular weight excluding hydrogens is 296 g/mol. The molecule has 1 fully saturated rings. The van der Waals surface area contributed by atoms with Gasteiger partial charge < -0.3 is 0 Å². The van der Waals surface area contributed by atoms with E-state index in [0.717, 1.165) is 12.8 Å². The predicted molar refractivity (Wildman–Crippen MR) is 62.7 cm³/mol. The van der Waals surface area contributed by atoms with Crippen molar-refractivity contribution < 1.29 is 4.79 Å². The molecule has 0 aromatic carbocycles. The Hall–Kier alpha value is 0.630. The maximum Gasteiger partial charge on any atom is 0.151 e. The zero-order chi connectivity index (χ0) is 10.3. The van der Waals surface area contributed by atoms with Gasteiger partial charge in [-0.05, 0) is 25.7 Å². The van der Waals surface area contributed by atoms with Crippen molar-refractivity contribution in [3.05, 3.63) is 0 Å². The molecule has 76 valence electrons. The minimum Gasteiger partial charge on any atom is -0.298 e. The van der Waals surface area contributed by atoms with Crippen molar-refractivity contribution in [2.24, 2.45) is 5.92 Å². The van der Waals surface area contributed by atoms with Crippen molar-refractivity contribution in [2.45, 2.75) is 48.7 Å². The van der Waals surface area contributed by atoms with Crippen LogP contribution in [0.2, 0.25) is 0 Å². The van der Waals surface area contributed by atoms with Gasteiger partial charge in [-0.25, -0.2) is 0 Å².